The zero-order chi connectivity index (χ0) is 11.3. The summed E-state index contributed by atoms with van der Waals surface area (Å²) in [5.74, 6) is 0. The lowest BCUT2D eigenvalue weighted by Gasteiger charge is -2.20. The van der Waals surface area contributed by atoms with Crippen molar-refractivity contribution in [2.24, 2.45) is 0 Å². The molecule has 1 unspecified atom stereocenters. The van der Waals surface area contributed by atoms with Crippen molar-refractivity contribution in [2.45, 2.75) is 25.6 Å². The molecule has 84 valence electrons. The van der Waals surface area contributed by atoms with Gasteiger partial charge in [-0.2, -0.15) is 0 Å². The predicted molar refractivity (Wildman–Crippen MR) is 70.1 cm³/mol. The summed E-state index contributed by atoms with van der Waals surface area (Å²) < 4.78 is 0. The molecule has 2 heterocycles. The second-order valence-electron chi connectivity index (χ2n) is 3.01. The fraction of sp³-hybridized carbons (Fsp3) is 0.500. The van der Waals surface area contributed by atoms with Crippen LogP contribution in [0.3, 0.4) is 0 Å². The first-order valence-electron chi connectivity index (χ1n) is 4.73. The topological polar surface area (TPSA) is 16.1 Å². The van der Waals surface area contributed by atoms with Crippen LogP contribution in [0.15, 0.2) is 27.7 Å². The molecule has 0 saturated heterocycles. The molecule has 1 aromatic rings. The van der Waals surface area contributed by atoms with E-state index in [9.17, 15) is 0 Å². The largest absolute Gasteiger partial charge is 0.350 e. The van der Waals surface area contributed by atoms with E-state index in [-0.39, 0.29) is 4.83 Å². The number of halogens is 1. The van der Waals surface area contributed by atoms with E-state index in [1.165, 1.54) is 10.6 Å². The van der Waals surface area contributed by atoms with Gasteiger partial charge in [0.25, 0.3) is 0 Å². The lowest BCUT2D eigenvalue weighted by molar-refractivity contribution is 0.408. The Morgan fingerprint density at radius 3 is 2.47 bits per heavy atom. The van der Waals surface area contributed by atoms with Gasteiger partial charge in [0.2, 0.25) is 0 Å². The van der Waals surface area contributed by atoms with Gasteiger partial charge in [-0.15, -0.1) is 11.3 Å². The Morgan fingerprint density at radius 1 is 1.53 bits per heavy atom. The van der Waals surface area contributed by atoms with Gasteiger partial charge in [0.05, 0.1) is 5.51 Å². The number of thioether (sulfide) groups is 1. The number of allylic oxidation sites excluding steroid dienone is 2. The molecule has 1 atom stereocenters. The van der Waals surface area contributed by atoms with Crippen LogP contribution in [0, 0.1) is 0 Å². The second kappa shape index (κ2) is 6.40. The number of rotatable bonds is 1. The predicted octanol–water partition coefficient (Wildman–Crippen LogP) is 3.97. The molecule has 0 N–H and O–H groups in total. The number of thiazole rings is 1. The van der Waals surface area contributed by atoms with E-state index in [0.717, 1.165) is 6.54 Å². The van der Waals surface area contributed by atoms with Gasteiger partial charge in [0.1, 0.15) is 0 Å². The van der Waals surface area contributed by atoms with Crippen molar-refractivity contribution in [1.82, 2.24) is 9.88 Å². The van der Waals surface area contributed by atoms with Gasteiger partial charge >= 0.3 is 0 Å². The van der Waals surface area contributed by atoms with Gasteiger partial charge in [-0.25, -0.2) is 0 Å². The third-order valence-corrected chi connectivity index (χ3v) is 4.27. The van der Waals surface area contributed by atoms with Crippen LogP contribution >= 0.6 is 34.7 Å². The van der Waals surface area contributed by atoms with Crippen LogP contribution in [-0.4, -0.2) is 21.3 Å². The van der Waals surface area contributed by atoms with E-state index < -0.39 is 0 Å². The van der Waals surface area contributed by atoms with Crippen molar-refractivity contribution in [1.29, 1.82) is 0 Å². The number of aromatic nitrogens is 1. The van der Waals surface area contributed by atoms with E-state index >= 15 is 0 Å². The van der Waals surface area contributed by atoms with Gasteiger partial charge in [-0.05, 0) is 20.8 Å². The molecule has 0 aromatic carbocycles. The van der Waals surface area contributed by atoms with Crippen molar-refractivity contribution in [3.63, 3.8) is 0 Å². The highest BCUT2D eigenvalue weighted by Crippen LogP contribution is 2.38. The highest BCUT2D eigenvalue weighted by atomic mass is 35.5. The molecule has 0 bridgehead atoms. The average Bonchev–Trinajstić information content (AvgIpc) is 2.81. The molecule has 0 saturated carbocycles. The molecular formula is C10H15ClN2S2. The minimum Gasteiger partial charge on any atom is -0.350 e. The van der Waals surface area contributed by atoms with Crippen LogP contribution in [0.5, 0.6) is 0 Å². The van der Waals surface area contributed by atoms with Crippen molar-refractivity contribution in [3.8, 4) is 0 Å². The molecule has 1 aliphatic heterocycles. The fourth-order valence-electron chi connectivity index (χ4n) is 1.21. The summed E-state index contributed by atoms with van der Waals surface area (Å²) in [7, 11) is 0. The van der Waals surface area contributed by atoms with E-state index in [2.05, 4.69) is 30.7 Å². The van der Waals surface area contributed by atoms with E-state index in [0.29, 0.717) is 0 Å². The number of hydrogen-bond donors (Lipinski definition) is 0. The van der Waals surface area contributed by atoms with Crippen LogP contribution in [0.2, 0.25) is 0 Å². The van der Waals surface area contributed by atoms with Crippen molar-refractivity contribution in [2.75, 3.05) is 6.54 Å². The summed E-state index contributed by atoms with van der Waals surface area (Å²) in [6, 6.07) is 0. The molecule has 0 spiro atoms. The first kappa shape index (κ1) is 12.9. The zero-order valence-corrected chi connectivity index (χ0v) is 11.5. The lowest BCUT2D eigenvalue weighted by Crippen LogP contribution is -2.22. The monoisotopic (exact) mass is 262 g/mol. The van der Waals surface area contributed by atoms with Crippen molar-refractivity contribution < 1.29 is 0 Å². The molecule has 1 aliphatic rings. The Kier molecular flexibility index (Phi) is 5.50. The third kappa shape index (κ3) is 3.70. The van der Waals surface area contributed by atoms with Crippen molar-refractivity contribution >= 4 is 34.7 Å². The maximum Gasteiger partial charge on any atom is 0.155 e. The molecule has 0 radical (unpaired) electrons. The maximum atomic E-state index is 6.02. The summed E-state index contributed by atoms with van der Waals surface area (Å²) in [6.45, 7) is 7.36. The molecule has 2 rings (SSSR count). The number of hydrogen-bond acceptors (Lipinski definition) is 4. The van der Waals surface area contributed by atoms with Crippen LogP contribution in [-0.2, 0) is 0 Å². The highest BCUT2D eigenvalue weighted by Gasteiger charge is 2.24. The molecule has 1 aromatic heterocycles. The second-order valence-corrected chi connectivity index (χ2v) is 5.74. The van der Waals surface area contributed by atoms with Crippen LogP contribution in [0.25, 0.3) is 0 Å². The first-order chi connectivity index (χ1) is 7.16. The summed E-state index contributed by atoms with van der Waals surface area (Å²) in [5, 5.41) is 1.93. The average molecular weight is 263 g/mol. The molecular weight excluding hydrogens is 248 g/mol. The highest BCUT2D eigenvalue weighted by molar-refractivity contribution is 8.04. The third-order valence-electron chi connectivity index (χ3n) is 2.15. The Hall–Kier alpha value is -0.190. The lowest BCUT2D eigenvalue weighted by atomic mass is 10.4. The first-order valence-corrected chi connectivity index (χ1v) is 6.99. The summed E-state index contributed by atoms with van der Waals surface area (Å²) >= 11 is 9.35. The summed E-state index contributed by atoms with van der Waals surface area (Å²) in [4.78, 5) is 7.42. The van der Waals surface area contributed by atoms with Crippen LogP contribution in [0.1, 0.15) is 20.8 Å². The Bertz CT molecular complexity index is 294. The maximum absolute atomic E-state index is 6.02. The Morgan fingerprint density at radius 2 is 2.27 bits per heavy atom. The number of nitrogens with zero attached hydrogens (tertiary/aromatic N) is 2. The van der Waals surface area contributed by atoms with Crippen LogP contribution in [0.4, 0.5) is 0 Å². The zero-order valence-electron chi connectivity index (χ0n) is 9.11. The minimum atomic E-state index is 0.130. The quantitative estimate of drug-likeness (QED) is 0.563. The summed E-state index contributed by atoms with van der Waals surface area (Å²) in [6.07, 6.45) is 1.77. The minimum absolute atomic E-state index is 0.130. The van der Waals surface area contributed by atoms with E-state index in [4.69, 9.17) is 11.6 Å². The van der Waals surface area contributed by atoms with E-state index in [1.54, 1.807) is 34.8 Å². The van der Waals surface area contributed by atoms with Gasteiger partial charge in [0, 0.05) is 28.7 Å². The van der Waals surface area contributed by atoms with Gasteiger partial charge in [-0.3, -0.25) is 4.98 Å². The Balaban J connectivity index is 0.000000187. The van der Waals surface area contributed by atoms with Gasteiger partial charge in [0.15, 0.2) is 4.83 Å². The summed E-state index contributed by atoms with van der Waals surface area (Å²) in [5.41, 5.74) is 3.12. The van der Waals surface area contributed by atoms with Gasteiger partial charge < -0.3 is 4.90 Å². The molecule has 0 fully saturated rings. The number of alkyl halides is 1. The molecule has 5 heteroatoms. The van der Waals surface area contributed by atoms with Crippen LogP contribution < -0.4 is 0 Å². The standard InChI is InChI=1S/C7H12ClNS.C3H3NS/c1-4-9-5(2)6(3)10-7(9)8;1-2-5-3-4-1/h7H,4H2,1-3H3;1-3H. The molecule has 2 nitrogen and oxygen atoms in total. The van der Waals surface area contributed by atoms with E-state index in [1.807, 2.05) is 5.38 Å². The fourth-order valence-corrected chi connectivity index (χ4v) is 3.26. The molecule has 0 amide bonds. The Labute approximate surface area is 104 Å². The van der Waals surface area contributed by atoms with Crippen molar-refractivity contribution in [3.05, 3.63) is 27.7 Å². The normalized spacial score (nSPS) is 20.3. The SMILES string of the molecule is CCN1C(C)=C(C)SC1Cl.c1cscn1. The molecule has 0 aliphatic carbocycles. The van der Waals surface area contributed by atoms with Gasteiger partial charge in [-0.1, -0.05) is 23.4 Å². The molecule has 15 heavy (non-hydrogen) atoms. The smallest absolute Gasteiger partial charge is 0.155 e.